The van der Waals surface area contributed by atoms with Crippen LogP contribution in [0.2, 0.25) is 0 Å². The maximum Gasteiger partial charge on any atom is 0.275 e. The van der Waals surface area contributed by atoms with E-state index < -0.39 is 0 Å². The van der Waals surface area contributed by atoms with Gasteiger partial charge < -0.3 is 14.2 Å². The van der Waals surface area contributed by atoms with E-state index in [1.54, 1.807) is 0 Å². The Labute approximate surface area is 190 Å². The number of carbonyl (C=O) groups is 1. The van der Waals surface area contributed by atoms with Crippen LogP contribution in [0.1, 0.15) is 38.6 Å². The summed E-state index contributed by atoms with van der Waals surface area (Å²) in [6.07, 6.45) is 1.51. The predicted molar refractivity (Wildman–Crippen MR) is 125 cm³/mol. The maximum absolute atomic E-state index is 12.8. The molecule has 6 heteroatoms. The molecule has 1 aliphatic rings. The van der Waals surface area contributed by atoms with Gasteiger partial charge in [0.2, 0.25) is 5.89 Å². The van der Waals surface area contributed by atoms with E-state index in [1.165, 1.54) is 28.5 Å². The number of hydrogen-bond acceptors (Lipinski definition) is 5. The van der Waals surface area contributed by atoms with Crippen LogP contribution in [0, 0.1) is 13.8 Å². The van der Waals surface area contributed by atoms with Crippen molar-refractivity contribution >= 4 is 5.91 Å². The van der Waals surface area contributed by atoms with E-state index in [4.69, 9.17) is 4.42 Å². The number of carbonyl (C=O) groups excluding carboxylic acids is 1. The van der Waals surface area contributed by atoms with Crippen LogP contribution in [-0.4, -0.2) is 58.8 Å². The van der Waals surface area contributed by atoms with Gasteiger partial charge >= 0.3 is 0 Å². The molecule has 3 aromatic rings. The van der Waals surface area contributed by atoms with E-state index >= 15 is 0 Å². The lowest BCUT2D eigenvalue weighted by Crippen LogP contribution is -2.47. The summed E-state index contributed by atoms with van der Waals surface area (Å²) in [6.45, 7) is 9.59. The lowest BCUT2D eigenvalue weighted by atomic mass is 10.0. The third-order valence-electron chi connectivity index (χ3n) is 6.06. The van der Waals surface area contributed by atoms with Crippen LogP contribution in [0.5, 0.6) is 0 Å². The second-order valence-corrected chi connectivity index (χ2v) is 8.78. The number of likely N-dealkylation sites (N-methyl/N-ethyl adjacent to an activating group) is 1. The van der Waals surface area contributed by atoms with E-state index in [9.17, 15) is 4.79 Å². The molecule has 6 nitrogen and oxygen atoms in total. The number of amides is 1. The van der Waals surface area contributed by atoms with Crippen molar-refractivity contribution in [2.24, 2.45) is 0 Å². The van der Waals surface area contributed by atoms with Crippen molar-refractivity contribution in [3.05, 3.63) is 88.6 Å². The molecule has 1 fully saturated rings. The summed E-state index contributed by atoms with van der Waals surface area (Å²) in [5, 5.41) is 0. The Morgan fingerprint density at radius 1 is 1.00 bits per heavy atom. The Kier molecular flexibility index (Phi) is 7.02. The number of oxazole rings is 1. The Bertz CT molecular complexity index is 1040. The first-order valence-electron chi connectivity index (χ1n) is 11.2. The molecule has 168 valence electrons. The van der Waals surface area contributed by atoms with Crippen molar-refractivity contribution in [3.8, 4) is 0 Å². The molecule has 0 N–H and O–H groups in total. The molecule has 32 heavy (non-hydrogen) atoms. The first-order chi connectivity index (χ1) is 15.5. The third-order valence-corrected chi connectivity index (χ3v) is 6.06. The van der Waals surface area contributed by atoms with Crippen molar-refractivity contribution in [2.45, 2.75) is 33.5 Å². The minimum Gasteiger partial charge on any atom is -0.447 e. The molecular weight excluding hydrogens is 400 g/mol. The summed E-state index contributed by atoms with van der Waals surface area (Å²) >= 11 is 0. The van der Waals surface area contributed by atoms with Crippen molar-refractivity contribution < 1.29 is 9.21 Å². The van der Waals surface area contributed by atoms with Crippen LogP contribution in [0.15, 0.2) is 59.2 Å². The highest BCUT2D eigenvalue weighted by molar-refractivity contribution is 5.92. The first kappa shape index (κ1) is 22.2. The molecule has 1 aromatic heterocycles. The van der Waals surface area contributed by atoms with E-state index in [-0.39, 0.29) is 5.91 Å². The number of benzene rings is 2. The van der Waals surface area contributed by atoms with E-state index in [0.717, 1.165) is 39.3 Å². The molecule has 0 radical (unpaired) electrons. The van der Waals surface area contributed by atoms with Crippen molar-refractivity contribution in [2.75, 3.05) is 33.2 Å². The van der Waals surface area contributed by atoms with Gasteiger partial charge in [-0.25, -0.2) is 4.98 Å². The summed E-state index contributed by atoms with van der Waals surface area (Å²) in [5.41, 5.74) is 5.46. The van der Waals surface area contributed by atoms with Gasteiger partial charge in [0.15, 0.2) is 5.69 Å². The van der Waals surface area contributed by atoms with Gasteiger partial charge in [-0.15, -0.1) is 0 Å². The van der Waals surface area contributed by atoms with Crippen LogP contribution >= 0.6 is 0 Å². The van der Waals surface area contributed by atoms with Crippen molar-refractivity contribution in [1.82, 2.24) is 19.7 Å². The summed E-state index contributed by atoms with van der Waals surface area (Å²) in [5.74, 6) is 0.528. The monoisotopic (exact) mass is 432 g/mol. The molecular formula is C26H32N4O2. The maximum atomic E-state index is 12.8. The van der Waals surface area contributed by atoms with Crippen molar-refractivity contribution in [1.29, 1.82) is 0 Å². The number of nitrogens with zero attached hydrogens (tertiary/aromatic N) is 4. The minimum absolute atomic E-state index is 0.0444. The SMILES string of the molecule is Cc1ccc(CN(Cc2ccccc2)Cc2nc(C(=O)N3CCN(C)CC3)co2)c(C)c1. The molecule has 1 aliphatic heterocycles. The number of aryl methyl sites for hydroxylation is 2. The molecule has 4 rings (SSSR count). The average Bonchev–Trinajstić information content (AvgIpc) is 3.25. The number of rotatable bonds is 7. The van der Waals surface area contributed by atoms with Crippen LogP contribution in [0.25, 0.3) is 0 Å². The lowest BCUT2D eigenvalue weighted by molar-refractivity contribution is 0.0658. The molecule has 0 spiro atoms. The van der Waals surface area contributed by atoms with Gasteiger partial charge in [0, 0.05) is 39.3 Å². The van der Waals surface area contributed by atoms with Gasteiger partial charge in [-0.1, -0.05) is 54.1 Å². The molecule has 0 unspecified atom stereocenters. The fraction of sp³-hybridized carbons (Fsp3) is 0.385. The molecule has 2 heterocycles. The van der Waals surface area contributed by atoms with Crippen LogP contribution in [0.3, 0.4) is 0 Å². The summed E-state index contributed by atoms with van der Waals surface area (Å²) in [7, 11) is 2.08. The molecule has 2 aromatic carbocycles. The van der Waals surface area contributed by atoms with Gasteiger partial charge in [-0.05, 0) is 37.6 Å². The second kappa shape index (κ2) is 10.1. The molecule has 0 atom stereocenters. The smallest absolute Gasteiger partial charge is 0.275 e. The zero-order valence-electron chi connectivity index (χ0n) is 19.3. The first-order valence-corrected chi connectivity index (χ1v) is 11.2. The molecule has 0 bridgehead atoms. The Balaban J connectivity index is 1.48. The Morgan fingerprint density at radius 2 is 1.75 bits per heavy atom. The molecule has 0 saturated carbocycles. The Hall–Kier alpha value is -2.96. The second-order valence-electron chi connectivity index (χ2n) is 8.78. The van der Waals surface area contributed by atoms with Gasteiger partial charge in [-0.3, -0.25) is 9.69 Å². The zero-order chi connectivity index (χ0) is 22.5. The van der Waals surface area contributed by atoms with Crippen molar-refractivity contribution in [3.63, 3.8) is 0 Å². The number of piperazine rings is 1. The quantitative estimate of drug-likeness (QED) is 0.567. The highest BCUT2D eigenvalue weighted by atomic mass is 16.3. The number of hydrogen-bond donors (Lipinski definition) is 0. The van der Waals surface area contributed by atoms with E-state index in [0.29, 0.717) is 18.1 Å². The highest BCUT2D eigenvalue weighted by Gasteiger charge is 2.23. The summed E-state index contributed by atoms with van der Waals surface area (Å²) in [4.78, 5) is 23.8. The van der Waals surface area contributed by atoms with Gasteiger partial charge in [0.05, 0.1) is 6.54 Å². The summed E-state index contributed by atoms with van der Waals surface area (Å²) < 4.78 is 5.74. The third kappa shape index (κ3) is 5.64. The largest absolute Gasteiger partial charge is 0.447 e. The Morgan fingerprint density at radius 3 is 2.47 bits per heavy atom. The van der Waals surface area contributed by atoms with Gasteiger partial charge in [0.25, 0.3) is 5.91 Å². The van der Waals surface area contributed by atoms with E-state index in [2.05, 4.69) is 78.1 Å². The fourth-order valence-corrected chi connectivity index (χ4v) is 4.12. The normalized spacial score (nSPS) is 14.8. The molecule has 0 aliphatic carbocycles. The zero-order valence-corrected chi connectivity index (χ0v) is 19.3. The standard InChI is InChI=1S/C26H32N4O2/c1-20-9-10-23(21(2)15-20)17-29(16-22-7-5-4-6-8-22)18-25-27-24(19-32-25)26(31)30-13-11-28(3)12-14-30/h4-10,15,19H,11-14,16-18H2,1-3H3. The topological polar surface area (TPSA) is 52.8 Å². The molecule has 1 saturated heterocycles. The minimum atomic E-state index is -0.0444. The fourth-order valence-electron chi connectivity index (χ4n) is 4.12. The lowest BCUT2D eigenvalue weighted by Gasteiger charge is -2.31. The van der Waals surface area contributed by atoms with Gasteiger partial charge in [-0.2, -0.15) is 0 Å². The predicted octanol–water partition coefficient (Wildman–Crippen LogP) is 3.88. The highest BCUT2D eigenvalue weighted by Crippen LogP contribution is 2.18. The van der Waals surface area contributed by atoms with Gasteiger partial charge in [0.1, 0.15) is 6.26 Å². The van der Waals surface area contributed by atoms with Crippen LogP contribution in [0.4, 0.5) is 0 Å². The average molecular weight is 433 g/mol. The number of aromatic nitrogens is 1. The van der Waals surface area contributed by atoms with Crippen LogP contribution < -0.4 is 0 Å². The van der Waals surface area contributed by atoms with E-state index in [1.807, 2.05) is 11.0 Å². The van der Waals surface area contributed by atoms with Crippen LogP contribution in [-0.2, 0) is 19.6 Å². The summed E-state index contributed by atoms with van der Waals surface area (Å²) in [6, 6.07) is 17.0. The molecule has 1 amide bonds.